The first-order chi connectivity index (χ1) is 7.74. The first-order valence-corrected chi connectivity index (χ1v) is 6.33. The number of rotatable bonds is 6. The largest absolute Gasteiger partial charge is 0.352 e. The molecular weight excluding hydrogens is 218 g/mol. The molecule has 1 aromatic rings. The van der Waals surface area contributed by atoms with Gasteiger partial charge in [0, 0.05) is 12.3 Å². The van der Waals surface area contributed by atoms with Gasteiger partial charge >= 0.3 is 0 Å². The summed E-state index contributed by atoms with van der Waals surface area (Å²) in [6.45, 7) is 6.02. The Labute approximate surface area is 101 Å². The summed E-state index contributed by atoms with van der Waals surface area (Å²) in [5.41, 5.74) is 1.25. The van der Waals surface area contributed by atoms with Crippen molar-refractivity contribution in [3.8, 4) is 0 Å². The van der Waals surface area contributed by atoms with E-state index >= 15 is 0 Å². The van der Waals surface area contributed by atoms with E-state index in [1.165, 1.54) is 5.56 Å². The fourth-order valence-corrected chi connectivity index (χ4v) is 2.06. The van der Waals surface area contributed by atoms with Crippen molar-refractivity contribution in [2.45, 2.75) is 17.9 Å². The second-order valence-corrected chi connectivity index (χ2v) is 4.80. The Bertz CT molecular complexity index is 337. The lowest BCUT2D eigenvalue weighted by molar-refractivity contribution is -0.120. The molecule has 0 spiro atoms. The van der Waals surface area contributed by atoms with E-state index in [-0.39, 0.29) is 11.2 Å². The van der Waals surface area contributed by atoms with Gasteiger partial charge in [-0.3, -0.25) is 4.79 Å². The van der Waals surface area contributed by atoms with Crippen LogP contribution >= 0.6 is 11.8 Å². The molecule has 0 aromatic heterocycles. The highest BCUT2D eigenvalue weighted by Gasteiger charge is 2.11. The lowest BCUT2D eigenvalue weighted by Crippen LogP contribution is -2.30. The normalized spacial score (nSPS) is 11.8. The fourth-order valence-electron chi connectivity index (χ4n) is 1.19. The molecule has 0 aliphatic rings. The van der Waals surface area contributed by atoms with Crippen LogP contribution in [0.1, 0.15) is 12.5 Å². The molecule has 0 saturated heterocycles. The van der Waals surface area contributed by atoms with Gasteiger partial charge in [0.2, 0.25) is 5.91 Å². The average molecular weight is 235 g/mol. The van der Waals surface area contributed by atoms with Crippen molar-refractivity contribution in [3.05, 3.63) is 48.6 Å². The van der Waals surface area contributed by atoms with Crippen molar-refractivity contribution in [1.29, 1.82) is 0 Å². The second-order valence-electron chi connectivity index (χ2n) is 3.47. The van der Waals surface area contributed by atoms with E-state index in [2.05, 4.69) is 24.0 Å². The molecule has 0 fully saturated rings. The van der Waals surface area contributed by atoms with E-state index in [0.29, 0.717) is 6.54 Å². The Morgan fingerprint density at radius 1 is 1.50 bits per heavy atom. The SMILES string of the molecule is C=CCNC(=O)[C@H](C)SCc1ccccc1. The van der Waals surface area contributed by atoms with Crippen molar-refractivity contribution in [2.75, 3.05) is 6.54 Å². The summed E-state index contributed by atoms with van der Waals surface area (Å²) < 4.78 is 0. The van der Waals surface area contributed by atoms with Crippen molar-refractivity contribution in [1.82, 2.24) is 5.32 Å². The lowest BCUT2D eigenvalue weighted by Gasteiger charge is -2.10. The van der Waals surface area contributed by atoms with Crippen LogP contribution in [-0.2, 0) is 10.5 Å². The first kappa shape index (κ1) is 12.8. The van der Waals surface area contributed by atoms with Gasteiger partial charge in [-0.25, -0.2) is 0 Å². The van der Waals surface area contributed by atoms with Crippen molar-refractivity contribution in [2.24, 2.45) is 0 Å². The zero-order chi connectivity index (χ0) is 11.8. The van der Waals surface area contributed by atoms with Crippen molar-refractivity contribution in [3.63, 3.8) is 0 Å². The predicted octanol–water partition coefficient (Wildman–Crippen LogP) is 2.61. The minimum absolute atomic E-state index is 0.0276. The van der Waals surface area contributed by atoms with Crippen LogP contribution in [0.15, 0.2) is 43.0 Å². The van der Waals surface area contributed by atoms with Gasteiger partial charge in [-0.2, -0.15) is 0 Å². The van der Waals surface area contributed by atoms with E-state index in [0.717, 1.165) is 5.75 Å². The highest BCUT2D eigenvalue weighted by Crippen LogP contribution is 2.17. The maximum atomic E-state index is 11.5. The van der Waals surface area contributed by atoms with E-state index in [9.17, 15) is 4.79 Å². The van der Waals surface area contributed by atoms with Crippen LogP contribution in [0.5, 0.6) is 0 Å². The third-order valence-corrected chi connectivity index (χ3v) is 3.35. The highest BCUT2D eigenvalue weighted by molar-refractivity contribution is 7.99. The summed E-state index contributed by atoms with van der Waals surface area (Å²) in [7, 11) is 0. The number of carbonyl (C=O) groups is 1. The Hall–Kier alpha value is -1.22. The topological polar surface area (TPSA) is 29.1 Å². The van der Waals surface area contributed by atoms with Crippen LogP contribution in [0.25, 0.3) is 0 Å². The molecule has 0 aliphatic heterocycles. The predicted molar refractivity (Wildman–Crippen MR) is 70.4 cm³/mol. The Morgan fingerprint density at radius 2 is 2.19 bits per heavy atom. The number of hydrogen-bond donors (Lipinski definition) is 1. The van der Waals surface area contributed by atoms with Gasteiger partial charge in [0.15, 0.2) is 0 Å². The lowest BCUT2D eigenvalue weighted by atomic mass is 10.2. The second kappa shape index (κ2) is 7.12. The third kappa shape index (κ3) is 4.53. The molecule has 0 heterocycles. The quantitative estimate of drug-likeness (QED) is 0.768. The van der Waals surface area contributed by atoms with Gasteiger partial charge < -0.3 is 5.32 Å². The highest BCUT2D eigenvalue weighted by atomic mass is 32.2. The molecule has 0 radical (unpaired) electrons. The summed E-state index contributed by atoms with van der Waals surface area (Å²) in [6, 6.07) is 10.2. The van der Waals surface area contributed by atoms with Crippen molar-refractivity contribution < 1.29 is 4.79 Å². The number of hydrogen-bond acceptors (Lipinski definition) is 2. The average Bonchev–Trinajstić information content (AvgIpc) is 2.34. The van der Waals surface area contributed by atoms with Crippen LogP contribution in [0.4, 0.5) is 0 Å². The van der Waals surface area contributed by atoms with Gasteiger partial charge in [0.1, 0.15) is 0 Å². The van der Waals surface area contributed by atoms with Crippen molar-refractivity contribution >= 4 is 17.7 Å². The smallest absolute Gasteiger partial charge is 0.233 e. The summed E-state index contributed by atoms with van der Waals surface area (Å²) >= 11 is 1.64. The van der Waals surface area contributed by atoms with E-state index in [1.54, 1.807) is 17.8 Å². The molecule has 1 rings (SSSR count). The number of nitrogens with one attached hydrogen (secondary N) is 1. The van der Waals surface area contributed by atoms with Crippen LogP contribution < -0.4 is 5.32 Å². The van der Waals surface area contributed by atoms with Gasteiger partial charge in [0.25, 0.3) is 0 Å². The number of amides is 1. The van der Waals surface area contributed by atoms with E-state index in [1.807, 2.05) is 25.1 Å². The molecule has 0 unspecified atom stereocenters. The van der Waals surface area contributed by atoms with Crippen LogP contribution in [0.2, 0.25) is 0 Å². The molecule has 1 amide bonds. The van der Waals surface area contributed by atoms with E-state index < -0.39 is 0 Å². The molecular formula is C13H17NOS. The van der Waals surface area contributed by atoms with Crippen LogP contribution in [0, 0.1) is 0 Å². The summed E-state index contributed by atoms with van der Waals surface area (Å²) in [6.07, 6.45) is 1.69. The number of benzene rings is 1. The molecule has 3 heteroatoms. The summed E-state index contributed by atoms with van der Waals surface area (Å²) in [4.78, 5) is 11.5. The van der Waals surface area contributed by atoms with Gasteiger partial charge in [-0.05, 0) is 12.5 Å². The Kier molecular flexibility index (Phi) is 5.72. The number of carbonyl (C=O) groups excluding carboxylic acids is 1. The first-order valence-electron chi connectivity index (χ1n) is 5.28. The van der Waals surface area contributed by atoms with Gasteiger partial charge in [-0.15, -0.1) is 18.3 Å². The molecule has 0 bridgehead atoms. The molecule has 0 saturated carbocycles. The zero-order valence-corrected chi connectivity index (χ0v) is 10.3. The third-order valence-electron chi connectivity index (χ3n) is 2.13. The van der Waals surface area contributed by atoms with Gasteiger partial charge in [-0.1, -0.05) is 36.4 Å². The minimum atomic E-state index is -0.0276. The number of thioether (sulfide) groups is 1. The maximum Gasteiger partial charge on any atom is 0.233 e. The molecule has 1 aromatic carbocycles. The maximum absolute atomic E-state index is 11.5. The summed E-state index contributed by atoms with van der Waals surface area (Å²) in [5.74, 6) is 0.935. The molecule has 16 heavy (non-hydrogen) atoms. The van der Waals surface area contributed by atoms with Gasteiger partial charge in [0.05, 0.1) is 5.25 Å². The van der Waals surface area contributed by atoms with E-state index in [4.69, 9.17) is 0 Å². The fraction of sp³-hybridized carbons (Fsp3) is 0.308. The molecule has 0 aliphatic carbocycles. The Morgan fingerprint density at radius 3 is 2.81 bits per heavy atom. The standard InChI is InChI=1S/C13H17NOS/c1-3-9-14-13(15)11(2)16-10-12-7-5-4-6-8-12/h3-8,11H,1,9-10H2,2H3,(H,14,15)/t11-/m0/s1. The molecule has 2 nitrogen and oxygen atoms in total. The molecule has 1 N–H and O–H groups in total. The zero-order valence-electron chi connectivity index (χ0n) is 9.48. The monoisotopic (exact) mass is 235 g/mol. The Balaban J connectivity index is 2.32. The summed E-state index contributed by atoms with van der Waals surface area (Å²) in [5, 5.41) is 2.76. The molecule has 1 atom stereocenters. The minimum Gasteiger partial charge on any atom is -0.352 e. The van der Waals surface area contributed by atoms with Crippen LogP contribution in [0.3, 0.4) is 0 Å². The molecule has 86 valence electrons. The van der Waals surface area contributed by atoms with Crippen LogP contribution in [-0.4, -0.2) is 17.7 Å².